The van der Waals surface area contributed by atoms with Gasteiger partial charge in [0, 0.05) is 12.6 Å². The Hall–Kier alpha value is -2.96. The second-order valence-corrected chi connectivity index (χ2v) is 5.79. The second kappa shape index (κ2) is 6.66. The van der Waals surface area contributed by atoms with Crippen LogP contribution in [0.4, 0.5) is 0 Å². The monoisotopic (exact) mass is 325 g/mol. The number of hydrogen-bond donors (Lipinski definition) is 1. The molecule has 1 N–H and O–H groups in total. The van der Waals surface area contributed by atoms with E-state index in [0.717, 1.165) is 11.3 Å². The first-order valence-corrected chi connectivity index (χ1v) is 7.74. The van der Waals surface area contributed by atoms with Gasteiger partial charge in [-0.05, 0) is 12.0 Å². The molecule has 1 aromatic carbocycles. The molecule has 3 rings (SSSR count). The summed E-state index contributed by atoms with van der Waals surface area (Å²) in [6, 6.07) is 11.3. The molecule has 0 unspecified atom stereocenters. The molecule has 24 heavy (non-hydrogen) atoms. The summed E-state index contributed by atoms with van der Waals surface area (Å²) in [6.45, 7) is 4.24. The third-order valence-electron chi connectivity index (χ3n) is 3.62. The molecular weight excluding hydrogens is 306 g/mol. The van der Waals surface area contributed by atoms with Crippen LogP contribution in [0.1, 0.15) is 41.8 Å². The van der Waals surface area contributed by atoms with Gasteiger partial charge in [0.05, 0.1) is 12.2 Å². The minimum absolute atomic E-state index is 0.168. The topological polar surface area (TPSA) is 85.8 Å². The first kappa shape index (κ1) is 15.9. The Morgan fingerprint density at radius 3 is 2.71 bits per heavy atom. The lowest BCUT2D eigenvalue weighted by Gasteiger charge is -2.01. The quantitative estimate of drug-likeness (QED) is 0.779. The van der Waals surface area contributed by atoms with E-state index in [1.807, 2.05) is 44.2 Å². The number of benzene rings is 1. The number of rotatable bonds is 5. The van der Waals surface area contributed by atoms with Gasteiger partial charge in [0.2, 0.25) is 11.7 Å². The zero-order chi connectivity index (χ0) is 17.1. The number of carbonyl (C=O) groups is 1. The van der Waals surface area contributed by atoms with E-state index < -0.39 is 0 Å². The molecule has 7 heteroatoms. The lowest BCUT2D eigenvalue weighted by atomic mass is 10.1. The number of nitrogens with one attached hydrogen (secondary N) is 1. The normalized spacial score (nSPS) is 11.0. The van der Waals surface area contributed by atoms with Crippen LogP contribution in [-0.4, -0.2) is 25.8 Å². The number of aromatic nitrogens is 4. The largest absolute Gasteiger partial charge is 0.342 e. The first-order chi connectivity index (χ1) is 11.5. The standard InChI is InChI=1S/C17H19N5O2/c1-11(2)13-9-14(22(3)20-13)17(23)18-10-15-19-16(21-24-15)12-7-5-4-6-8-12/h4-9,11H,10H2,1-3H3,(H,18,23). The molecule has 0 aliphatic carbocycles. The van der Waals surface area contributed by atoms with Crippen LogP contribution in [0.5, 0.6) is 0 Å². The van der Waals surface area contributed by atoms with E-state index in [1.54, 1.807) is 17.8 Å². The smallest absolute Gasteiger partial charge is 0.269 e. The molecule has 0 fully saturated rings. The molecule has 3 aromatic rings. The molecule has 0 aliphatic rings. The zero-order valence-corrected chi connectivity index (χ0v) is 13.9. The van der Waals surface area contributed by atoms with E-state index in [4.69, 9.17) is 4.52 Å². The van der Waals surface area contributed by atoms with Crippen molar-refractivity contribution in [3.05, 3.63) is 53.7 Å². The van der Waals surface area contributed by atoms with Crippen LogP contribution in [-0.2, 0) is 13.6 Å². The third-order valence-corrected chi connectivity index (χ3v) is 3.62. The van der Waals surface area contributed by atoms with Gasteiger partial charge in [0.15, 0.2) is 0 Å². The Morgan fingerprint density at radius 1 is 1.29 bits per heavy atom. The summed E-state index contributed by atoms with van der Waals surface area (Å²) in [7, 11) is 1.75. The molecule has 0 aliphatic heterocycles. The minimum atomic E-state index is -0.226. The molecule has 0 spiro atoms. The van der Waals surface area contributed by atoms with Gasteiger partial charge in [-0.25, -0.2) is 0 Å². The van der Waals surface area contributed by atoms with Crippen molar-refractivity contribution in [3.63, 3.8) is 0 Å². The predicted octanol–water partition coefficient (Wildman–Crippen LogP) is 2.52. The van der Waals surface area contributed by atoms with Gasteiger partial charge >= 0.3 is 0 Å². The molecule has 0 saturated heterocycles. The highest BCUT2D eigenvalue weighted by Gasteiger charge is 2.16. The van der Waals surface area contributed by atoms with Crippen molar-refractivity contribution in [2.45, 2.75) is 26.3 Å². The number of amides is 1. The van der Waals surface area contributed by atoms with E-state index in [2.05, 4.69) is 20.6 Å². The average Bonchev–Trinajstić information content (AvgIpc) is 3.20. The van der Waals surface area contributed by atoms with E-state index in [0.29, 0.717) is 17.4 Å². The highest BCUT2D eigenvalue weighted by Crippen LogP contribution is 2.15. The Kier molecular flexibility index (Phi) is 4.41. The Labute approximate surface area is 139 Å². The van der Waals surface area contributed by atoms with Crippen LogP contribution in [0, 0.1) is 0 Å². The first-order valence-electron chi connectivity index (χ1n) is 7.74. The van der Waals surface area contributed by atoms with Crippen molar-refractivity contribution in [1.82, 2.24) is 25.2 Å². The van der Waals surface area contributed by atoms with Crippen LogP contribution in [0.2, 0.25) is 0 Å². The van der Waals surface area contributed by atoms with Crippen molar-refractivity contribution >= 4 is 5.91 Å². The van der Waals surface area contributed by atoms with Gasteiger partial charge < -0.3 is 9.84 Å². The highest BCUT2D eigenvalue weighted by atomic mass is 16.5. The van der Waals surface area contributed by atoms with E-state index in [1.165, 1.54) is 0 Å². The van der Waals surface area contributed by atoms with Crippen LogP contribution < -0.4 is 5.32 Å². The summed E-state index contributed by atoms with van der Waals surface area (Å²) in [4.78, 5) is 16.6. The summed E-state index contributed by atoms with van der Waals surface area (Å²) in [5.41, 5.74) is 2.25. The molecule has 7 nitrogen and oxygen atoms in total. The van der Waals surface area contributed by atoms with Crippen LogP contribution in [0.15, 0.2) is 40.9 Å². The Morgan fingerprint density at radius 2 is 2.04 bits per heavy atom. The van der Waals surface area contributed by atoms with Gasteiger partial charge in [-0.1, -0.05) is 49.3 Å². The van der Waals surface area contributed by atoms with Crippen molar-refractivity contribution < 1.29 is 9.32 Å². The zero-order valence-electron chi connectivity index (χ0n) is 13.9. The van der Waals surface area contributed by atoms with Crippen LogP contribution >= 0.6 is 0 Å². The maximum absolute atomic E-state index is 12.3. The van der Waals surface area contributed by atoms with Gasteiger partial charge in [0.1, 0.15) is 5.69 Å². The van der Waals surface area contributed by atoms with Gasteiger partial charge in [-0.3, -0.25) is 9.48 Å². The Balaban J connectivity index is 1.66. The molecular formula is C17H19N5O2. The number of nitrogens with zero attached hydrogens (tertiary/aromatic N) is 4. The summed E-state index contributed by atoms with van der Waals surface area (Å²) in [6.07, 6.45) is 0. The maximum atomic E-state index is 12.3. The summed E-state index contributed by atoms with van der Waals surface area (Å²) < 4.78 is 6.76. The molecule has 0 atom stereocenters. The molecule has 0 saturated carbocycles. The van der Waals surface area contributed by atoms with E-state index >= 15 is 0 Å². The fourth-order valence-corrected chi connectivity index (χ4v) is 2.26. The lowest BCUT2D eigenvalue weighted by molar-refractivity contribution is 0.0937. The molecule has 0 bridgehead atoms. The van der Waals surface area contributed by atoms with E-state index in [9.17, 15) is 4.79 Å². The second-order valence-electron chi connectivity index (χ2n) is 5.79. The maximum Gasteiger partial charge on any atom is 0.269 e. The molecule has 1 amide bonds. The SMILES string of the molecule is CC(C)c1cc(C(=O)NCc2nc(-c3ccccc3)no2)n(C)n1. The fourth-order valence-electron chi connectivity index (χ4n) is 2.26. The van der Waals surface area contributed by atoms with Gasteiger partial charge in [-0.2, -0.15) is 10.1 Å². The predicted molar refractivity (Wildman–Crippen MR) is 88.2 cm³/mol. The van der Waals surface area contributed by atoms with Crippen LogP contribution in [0.25, 0.3) is 11.4 Å². The third kappa shape index (κ3) is 3.34. The number of hydrogen-bond acceptors (Lipinski definition) is 5. The molecule has 2 heterocycles. The lowest BCUT2D eigenvalue weighted by Crippen LogP contribution is -2.25. The average molecular weight is 325 g/mol. The number of aryl methyl sites for hydroxylation is 1. The summed E-state index contributed by atoms with van der Waals surface area (Å²) in [5.74, 6) is 0.898. The van der Waals surface area contributed by atoms with Crippen molar-refractivity contribution in [1.29, 1.82) is 0 Å². The van der Waals surface area contributed by atoms with Crippen molar-refractivity contribution in [2.24, 2.45) is 7.05 Å². The summed E-state index contributed by atoms with van der Waals surface area (Å²) >= 11 is 0. The van der Waals surface area contributed by atoms with Gasteiger partial charge in [0.25, 0.3) is 5.91 Å². The minimum Gasteiger partial charge on any atom is -0.342 e. The molecule has 2 aromatic heterocycles. The van der Waals surface area contributed by atoms with Crippen molar-refractivity contribution in [2.75, 3.05) is 0 Å². The van der Waals surface area contributed by atoms with Gasteiger partial charge in [-0.15, -0.1) is 0 Å². The number of carbonyl (C=O) groups excluding carboxylic acids is 1. The fraction of sp³-hybridized carbons (Fsp3) is 0.294. The molecule has 0 radical (unpaired) electrons. The van der Waals surface area contributed by atoms with E-state index in [-0.39, 0.29) is 18.4 Å². The highest BCUT2D eigenvalue weighted by molar-refractivity contribution is 5.92. The van der Waals surface area contributed by atoms with Crippen LogP contribution in [0.3, 0.4) is 0 Å². The summed E-state index contributed by atoms with van der Waals surface area (Å²) in [5, 5.41) is 11.0. The van der Waals surface area contributed by atoms with Crippen molar-refractivity contribution in [3.8, 4) is 11.4 Å². The molecule has 124 valence electrons. The Bertz CT molecular complexity index is 836.